The fraction of sp³-hybridized carbons (Fsp3) is 0.875. The number of hydrogen-bond donors (Lipinski definition) is 2. The van der Waals surface area contributed by atoms with Gasteiger partial charge < -0.3 is 10.2 Å². The fourth-order valence-electron chi connectivity index (χ4n) is 4.08. The predicted molar refractivity (Wildman–Crippen MR) is 75.5 cm³/mol. The highest BCUT2D eigenvalue weighted by atomic mass is 16.4. The van der Waals surface area contributed by atoms with E-state index in [2.05, 4.69) is 0 Å². The summed E-state index contributed by atoms with van der Waals surface area (Å²) in [6.07, 6.45) is 10.0. The van der Waals surface area contributed by atoms with Gasteiger partial charge in [0.05, 0.1) is 10.8 Å². The zero-order valence-electron chi connectivity index (χ0n) is 12.2. The molecule has 2 aliphatic carbocycles. The Bertz CT molecular complexity index is 327. The van der Waals surface area contributed by atoms with Gasteiger partial charge in [-0.25, -0.2) is 0 Å². The minimum Gasteiger partial charge on any atom is -0.481 e. The third-order valence-corrected chi connectivity index (χ3v) is 5.61. The molecule has 0 heterocycles. The van der Waals surface area contributed by atoms with Crippen molar-refractivity contribution in [2.45, 2.75) is 77.0 Å². The molecule has 0 aliphatic heterocycles. The second-order valence-corrected chi connectivity index (χ2v) is 6.79. The maximum atomic E-state index is 11.7. The zero-order valence-corrected chi connectivity index (χ0v) is 12.2. The highest BCUT2D eigenvalue weighted by Crippen LogP contribution is 2.47. The van der Waals surface area contributed by atoms with Crippen molar-refractivity contribution in [1.82, 2.24) is 0 Å². The molecule has 2 rings (SSSR count). The lowest BCUT2D eigenvalue weighted by molar-refractivity contribution is -0.157. The molecule has 2 aliphatic rings. The number of hydrogen-bond acceptors (Lipinski definition) is 2. The first-order valence-electron chi connectivity index (χ1n) is 7.98. The standard InChI is InChI=1S/C16H26O4/c17-13(18)15(7-3-1-4-8-15)11-12-16(14(19)20)9-5-2-6-10-16/h1-12H2,(H,17,18)(H,19,20). The molecule has 2 fully saturated rings. The second kappa shape index (κ2) is 6.15. The molecule has 0 spiro atoms. The average Bonchev–Trinajstić information content (AvgIpc) is 2.47. The van der Waals surface area contributed by atoms with Crippen LogP contribution in [0.15, 0.2) is 0 Å². The van der Waals surface area contributed by atoms with Crippen molar-refractivity contribution in [3.05, 3.63) is 0 Å². The lowest BCUT2D eigenvalue weighted by atomic mass is 9.64. The van der Waals surface area contributed by atoms with Crippen LogP contribution in [0.1, 0.15) is 77.0 Å². The molecule has 4 heteroatoms. The summed E-state index contributed by atoms with van der Waals surface area (Å²) in [5, 5.41) is 19.2. The Labute approximate surface area is 120 Å². The average molecular weight is 282 g/mol. The van der Waals surface area contributed by atoms with Crippen LogP contribution in [0.2, 0.25) is 0 Å². The molecule has 0 atom stereocenters. The summed E-state index contributed by atoms with van der Waals surface area (Å²) in [6, 6.07) is 0. The molecule has 114 valence electrons. The Morgan fingerprint density at radius 2 is 0.950 bits per heavy atom. The Kier molecular flexibility index (Phi) is 4.71. The van der Waals surface area contributed by atoms with E-state index >= 15 is 0 Å². The number of carboxylic acid groups (broad SMARTS) is 2. The molecular weight excluding hydrogens is 256 g/mol. The molecule has 2 N–H and O–H groups in total. The first kappa shape index (κ1) is 15.3. The zero-order chi connectivity index (χ0) is 14.6. The highest BCUT2D eigenvalue weighted by molar-refractivity contribution is 5.76. The summed E-state index contributed by atoms with van der Waals surface area (Å²) >= 11 is 0. The number of aliphatic carboxylic acids is 2. The van der Waals surface area contributed by atoms with E-state index in [-0.39, 0.29) is 0 Å². The lowest BCUT2D eigenvalue weighted by Gasteiger charge is -2.38. The van der Waals surface area contributed by atoms with Crippen LogP contribution in [-0.2, 0) is 9.59 Å². The molecule has 0 aromatic rings. The van der Waals surface area contributed by atoms with Crippen molar-refractivity contribution >= 4 is 11.9 Å². The van der Waals surface area contributed by atoms with Crippen molar-refractivity contribution in [1.29, 1.82) is 0 Å². The van der Waals surface area contributed by atoms with Crippen LogP contribution in [0.3, 0.4) is 0 Å². The van der Waals surface area contributed by atoms with Gasteiger partial charge in [0.15, 0.2) is 0 Å². The quantitative estimate of drug-likeness (QED) is 0.803. The molecule has 0 saturated heterocycles. The van der Waals surface area contributed by atoms with E-state index in [1.54, 1.807) is 0 Å². The lowest BCUT2D eigenvalue weighted by Crippen LogP contribution is -2.39. The van der Waals surface area contributed by atoms with Crippen molar-refractivity contribution in [2.24, 2.45) is 10.8 Å². The van der Waals surface area contributed by atoms with Gasteiger partial charge in [-0.2, -0.15) is 0 Å². The van der Waals surface area contributed by atoms with E-state index in [0.29, 0.717) is 12.8 Å². The molecule has 0 radical (unpaired) electrons. The van der Waals surface area contributed by atoms with Gasteiger partial charge in [-0.1, -0.05) is 38.5 Å². The van der Waals surface area contributed by atoms with E-state index in [9.17, 15) is 19.8 Å². The third-order valence-electron chi connectivity index (χ3n) is 5.61. The fourth-order valence-corrected chi connectivity index (χ4v) is 4.08. The minimum atomic E-state index is -0.714. The smallest absolute Gasteiger partial charge is 0.309 e. The molecule has 2 saturated carbocycles. The van der Waals surface area contributed by atoms with Crippen LogP contribution in [0.25, 0.3) is 0 Å². The van der Waals surface area contributed by atoms with Crippen molar-refractivity contribution in [3.63, 3.8) is 0 Å². The molecule has 4 nitrogen and oxygen atoms in total. The van der Waals surface area contributed by atoms with Gasteiger partial charge in [0.1, 0.15) is 0 Å². The Morgan fingerprint density at radius 3 is 1.20 bits per heavy atom. The molecule has 0 aromatic heterocycles. The summed E-state index contributed by atoms with van der Waals surface area (Å²) in [5.74, 6) is -1.43. The molecule has 20 heavy (non-hydrogen) atoms. The van der Waals surface area contributed by atoms with Crippen molar-refractivity contribution < 1.29 is 19.8 Å². The largest absolute Gasteiger partial charge is 0.481 e. The normalized spacial score (nSPS) is 25.0. The molecule has 0 bridgehead atoms. The molecule has 0 aromatic carbocycles. The van der Waals surface area contributed by atoms with Crippen molar-refractivity contribution in [3.8, 4) is 0 Å². The molecule has 0 unspecified atom stereocenters. The Balaban J connectivity index is 2.07. The maximum absolute atomic E-state index is 11.7. The van der Waals surface area contributed by atoms with E-state index in [4.69, 9.17) is 0 Å². The monoisotopic (exact) mass is 282 g/mol. The van der Waals surface area contributed by atoms with Crippen LogP contribution >= 0.6 is 0 Å². The first-order chi connectivity index (χ1) is 9.51. The van der Waals surface area contributed by atoms with Crippen molar-refractivity contribution in [2.75, 3.05) is 0 Å². The number of rotatable bonds is 5. The van der Waals surface area contributed by atoms with Gasteiger partial charge in [0, 0.05) is 0 Å². The molecular formula is C16H26O4. The second-order valence-electron chi connectivity index (χ2n) is 6.79. The van der Waals surface area contributed by atoms with E-state index in [1.807, 2.05) is 0 Å². The maximum Gasteiger partial charge on any atom is 0.309 e. The number of carbonyl (C=O) groups is 2. The first-order valence-corrected chi connectivity index (χ1v) is 7.98. The summed E-state index contributed by atoms with van der Waals surface area (Å²) in [4.78, 5) is 23.4. The topological polar surface area (TPSA) is 74.6 Å². The SMILES string of the molecule is O=C(O)C1(CCC2(C(=O)O)CCCCC2)CCCCC1. The van der Waals surface area contributed by atoms with Gasteiger partial charge >= 0.3 is 11.9 Å². The Morgan fingerprint density at radius 1 is 0.650 bits per heavy atom. The van der Waals surface area contributed by atoms with Crippen LogP contribution in [-0.4, -0.2) is 22.2 Å². The Hall–Kier alpha value is -1.06. The number of carboxylic acids is 2. The van der Waals surface area contributed by atoms with Gasteiger partial charge in [0.2, 0.25) is 0 Å². The minimum absolute atomic E-state index is 0.536. The molecule has 0 amide bonds. The van der Waals surface area contributed by atoms with Gasteiger partial charge in [-0.05, 0) is 38.5 Å². The summed E-state index contributed by atoms with van der Waals surface area (Å²) < 4.78 is 0. The van der Waals surface area contributed by atoms with E-state index in [0.717, 1.165) is 64.2 Å². The predicted octanol–water partition coefficient (Wildman–Crippen LogP) is 3.84. The summed E-state index contributed by atoms with van der Waals surface area (Å²) in [7, 11) is 0. The third kappa shape index (κ3) is 2.99. The summed E-state index contributed by atoms with van der Waals surface area (Å²) in [6.45, 7) is 0. The van der Waals surface area contributed by atoms with E-state index in [1.165, 1.54) is 0 Å². The van der Waals surface area contributed by atoms with Gasteiger partial charge in [0.25, 0.3) is 0 Å². The van der Waals surface area contributed by atoms with Crippen LogP contribution < -0.4 is 0 Å². The van der Waals surface area contributed by atoms with Crippen LogP contribution in [0.5, 0.6) is 0 Å². The van der Waals surface area contributed by atoms with Crippen LogP contribution in [0, 0.1) is 10.8 Å². The van der Waals surface area contributed by atoms with Gasteiger partial charge in [-0.15, -0.1) is 0 Å². The van der Waals surface area contributed by atoms with E-state index < -0.39 is 22.8 Å². The van der Waals surface area contributed by atoms with Gasteiger partial charge in [-0.3, -0.25) is 9.59 Å². The summed E-state index contributed by atoms with van der Waals surface area (Å²) in [5.41, 5.74) is -1.31. The highest BCUT2D eigenvalue weighted by Gasteiger charge is 2.45. The van der Waals surface area contributed by atoms with Crippen LogP contribution in [0.4, 0.5) is 0 Å².